The second kappa shape index (κ2) is 13.4. The smallest absolute Gasteiger partial charge is 0.0459 e. The van der Waals surface area contributed by atoms with Crippen LogP contribution >= 0.6 is 0 Å². The number of unbranched alkanes of at least 4 members (excludes halogenated alkanes) is 5. The van der Waals surface area contributed by atoms with Crippen LogP contribution in [0.1, 0.15) is 91.4 Å². The number of hydrogen-bond donors (Lipinski definition) is 1. The van der Waals surface area contributed by atoms with Crippen LogP contribution in [0.15, 0.2) is 0 Å². The maximum absolute atomic E-state index is 9.41. The fraction of sp³-hybridized carbons (Fsp3) is 1.00. The van der Waals surface area contributed by atoms with Gasteiger partial charge in [-0.15, -0.1) is 0 Å². The summed E-state index contributed by atoms with van der Waals surface area (Å²) in [7, 11) is 0. The third kappa shape index (κ3) is 11.1. The molecular weight excluding hydrogens is 220 g/mol. The predicted molar refractivity (Wildman–Crippen MR) is 81.9 cm³/mol. The molecule has 0 rings (SSSR count). The summed E-state index contributed by atoms with van der Waals surface area (Å²) < 4.78 is 0. The molecule has 0 radical (unpaired) electrons. The van der Waals surface area contributed by atoms with Crippen LogP contribution in [0.3, 0.4) is 0 Å². The molecule has 1 heteroatoms. The molecule has 0 amide bonds. The monoisotopic (exact) mass is 256 g/mol. The van der Waals surface area contributed by atoms with Gasteiger partial charge in [0.2, 0.25) is 0 Å². The van der Waals surface area contributed by atoms with Gasteiger partial charge in [0.15, 0.2) is 0 Å². The van der Waals surface area contributed by atoms with E-state index in [4.69, 9.17) is 0 Å². The minimum atomic E-state index is 0.397. The number of rotatable bonds is 13. The van der Waals surface area contributed by atoms with Crippen molar-refractivity contribution in [2.75, 3.05) is 6.61 Å². The van der Waals surface area contributed by atoms with Crippen molar-refractivity contribution in [3.05, 3.63) is 0 Å². The van der Waals surface area contributed by atoms with Crippen molar-refractivity contribution < 1.29 is 5.11 Å². The summed E-state index contributed by atoms with van der Waals surface area (Å²) in [6, 6.07) is 0. The maximum Gasteiger partial charge on any atom is 0.0459 e. The van der Waals surface area contributed by atoms with Gasteiger partial charge in [-0.05, 0) is 24.7 Å². The van der Waals surface area contributed by atoms with Crippen LogP contribution in [-0.4, -0.2) is 11.7 Å². The highest BCUT2D eigenvalue weighted by Crippen LogP contribution is 2.21. The van der Waals surface area contributed by atoms with Crippen molar-refractivity contribution in [1.82, 2.24) is 0 Å². The topological polar surface area (TPSA) is 20.2 Å². The maximum atomic E-state index is 9.41. The normalized spacial score (nSPS) is 14.7. The molecule has 18 heavy (non-hydrogen) atoms. The highest BCUT2D eigenvalue weighted by atomic mass is 16.3. The van der Waals surface area contributed by atoms with E-state index in [2.05, 4.69) is 20.8 Å². The van der Waals surface area contributed by atoms with E-state index in [1.165, 1.54) is 70.6 Å². The first-order valence-electron chi connectivity index (χ1n) is 8.35. The summed E-state index contributed by atoms with van der Waals surface area (Å²) in [6.45, 7) is 7.27. The molecule has 0 saturated heterocycles. The second-order valence-corrected chi connectivity index (χ2v) is 6.08. The quantitative estimate of drug-likeness (QED) is 0.428. The first-order chi connectivity index (χ1) is 8.74. The largest absolute Gasteiger partial charge is 0.396 e. The molecule has 0 fully saturated rings. The highest BCUT2D eigenvalue weighted by Gasteiger charge is 2.09. The zero-order valence-corrected chi connectivity index (χ0v) is 13.1. The Morgan fingerprint density at radius 2 is 1.39 bits per heavy atom. The molecule has 0 heterocycles. The van der Waals surface area contributed by atoms with Crippen molar-refractivity contribution in [3.8, 4) is 0 Å². The van der Waals surface area contributed by atoms with E-state index in [-0.39, 0.29) is 0 Å². The molecule has 0 aliphatic carbocycles. The zero-order valence-electron chi connectivity index (χ0n) is 13.1. The Bertz CT molecular complexity index is 156. The Kier molecular flexibility index (Phi) is 13.4. The first-order valence-corrected chi connectivity index (χ1v) is 8.35. The Hall–Kier alpha value is -0.0400. The molecule has 1 N–H and O–H groups in total. The molecule has 2 atom stereocenters. The minimum absolute atomic E-state index is 0.397. The van der Waals surface area contributed by atoms with Crippen molar-refractivity contribution in [2.24, 2.45) is 11.8 Å². The molecule has 110 valence electrons. The van der Waals surface area contributed by atoms with Gasteiger partial charge in [0, 0.05) is 6.61 Å². The number of aliphatic hydroxyl groups is 1. The third-order valence-electron chi connectivity index (χ3n) is 4.07. The Balaban J connectivity index is 3.46. The Morgan fingerprint density at radius 3 is 2.00 bits per heavy atom. The molecular formula is C17H36O. The van der Waals surface area contributed by atoms with Crippen LogP contribution in [0, 0.1) is 11.8 Å². The van der Waals surface area contributed by atoms with E-state index in [1.54, 1.807) is 0 Å². The first kappa shape index (κ1) is 18.0. The second-order valence-electron chi connectivity index (χ2n) is 6.08. The minimum Gasteiger partial charge on any atom is -0.396 e. The number of aliphatic hydroxyl groups excluding tert-OH is 1. The predicted octanol–water partition coefficient (Wildman–Crippen LogP) is 5.56. The lowest BCUT2D eigenvalue weighted by Crippen LogP contribution is -2.08. The molecule has 0 bridgehead atoms. The van der Waals surface area contributed by atoms with Crippen LogP contribution in [-0.2, 0) is 0 Å². The van der Waals surface area contributed by atoms with Gasteiger partial charge >= 0.3 is 0 Å². The van der Waals surface area contributed by atoms with Gasteiger partial charge in [0.25, 0.3) is 0 Å². The van der Waals surface area contributed by atoms with Gasteiger partial charge in [0.05, 0.1) is 0 Å². The van der Waals surface area contributed by atoms with Gasteiger partial charge in [-0.2, -0.15) is 0 Å². The van der Waals surface area contributed by atoms with Gasteiger partial charge in [0.1, 0.15) is 0 Å². The van der Waals surface area contributed by atoms with E-state index in [0.29, 0.717) is 12.5 Å². The lowest BCUT2D eigenvalue weighted by molar-refractivity contribution is 0.199. The molecule has 0 aromatic rings. The van der Waals surface area contributed by atoms with Gasteiger partial charge in [-0.1, -0.05) is 78.6 Å². The molecule has 0 saturated carbocycles. The van der Waals surface area contributed by atoms with Crippen LogP contribution in [0.25, 0.3) is 0 Å². The molecule has 0 aliphatic rings. The van der Waals surface area contributed by atoms with Gasteiger partial charge in [-0.25, -0.2) is 0 Å². The summed E-state index contributed by atoms with van der Waals surface area (Å²) in [5.74, 6) is 1.41. The Labute approximate surface area is 115 Å². The molecule has 0 spiro atoms. The summed E-state index contributed by atoms with van der Waals surface area (Å²) in [5, 5.41) is 9.41. The van der Waals surface area contributed by atoms with Crippen molar-refractivity contribution in [1.29, 1.82) is 0 Å². The third-order valence-corrected chi connectivity index (χ3v) is 4.07. The molecule has 1 nitrogen and oxygen atoms in total. The Morgan fingerprint density at radius 1 is 0.722 bits per heavy atom. The molecule has 2 unspecified atom stereocenters. The van der Waals surface area contributed by atoms with Crippen LogP contribution in [0.2, 0.25) is 0 Å². The molecule has 0 aliphatic heterocycles. The van der Waals surface area contributed by atoms with Crippen molar-refractivity contribution in [2.45, 2.75) is 91.4 Å². The van der Waals surface area contributed by atoms with E-state index in [9.17, 15) is 5.11 Å². The fourth-order valence-electron chi connectivity index (χ4n) is 2.70. The summed E-state index contributed by atoms with van der Waals surface area (Å²) >= 11 is 0. The molecule has 0 aromatic carbocycles. The van der Waals surface area contributed by atoms with E-state index >= 15 is 0 Å². The summed E-state index contributed by atoms with van der Waals surface area (Å²) in [6.07, 6.45) is 14.6. The van der Waals surface area contributed by atoms with E-state index in [0.717, 1.165) is 5.92 Å². The molecule has 0 aromatic heterocycles. The van der Waals surface area contributed by atoms with E-state index < -0.39 is 0 Å². The van der Waals surface area contributed by atoms with Gasteiger partial charge < -0.3 is 5.11 Å². The average Bonchev–Trinajstić information content (AvgIpc) is 2.37. The number of hydrogen-bond acceptors (Lipinski definition) is 1. The van der Waals surface area contributed by atoms with Crippen LogP contribution < -0.4 is 0 Å². The van der Waals surface area contributed by atoms with Crippen molar-refractivity contribution in [3.63, 3.8) is 0 Å². The SMILES string of the molecule is CCCCCCCCC(CO)CCC(C)CCC. The van der Waals surface area contributed by atoms with Crippen LogP contribution in [0.5, 0.6) is 0 Å². The van der Waals surface area contributed by atoms with E-state index in [1.807, 2.05) is 0 Å². The summed E-state index contributed by atoms with van der Waals surface area (Å²) in [5.41, 5.74) is 0. The standard InChI is InChI=1S/C17H36O/c1-4-6-7-8-9-10-12-17(15-18)14-13-16(3)11-5-2/h16-18H,4-15H2,1-3H3. The lowest BCUT2D eigenvalue weighted by atomic mass is 9.91. The summed E-state index contributed by atoms with van der Waals surface area (Å²) in [4.78, 5) is 0. The highest BCUT2D eigenvalue weighted by molar-refractivity contribution is 4.62. The lowest BCUT2D eigenvalue weighted by Gasteiger charge is -2.16. The fourth-order valence-corrected chi connectivity index (χ4v) is 2.70. The van der Waals surface area contributed by atoms with Crippen molar-refractivity contribution >= 4 is 0 Å². The van der Waals surface area contributed by atoms with Crippen LogP contribution in [0.4, 0.5) is 0 Å². The zero-order chi connectivity index (χ0) is 13.6. The van der Waals surface area contributed by atoms with Gasteiger partial charge in [-0.3, -0.25) is 0 Å². The average molecular weight is 256 g/mol.